The summed E-state index contributed by atoms with van der Waals surface area (Å²) < 4.78 is 0. The van der Waals surface area contributed by atoms with Crippen LogP contribution in [0.15, 0.2) is 24.3 Å². The number of amides is 2. The van der Waals surface area contributed by atoms with Gasteiger partial charge in [0, 0.05) is 36.7 Å². The van der Waals surface area contributed by atoms with E-state index in [4.69, 9.17) is 0 Å². The highest BCUT2D eigenvalue weighted by molar-refractivity contribution is 5.96. The number of anilines is 2. The molecule has 0 unspecified atom stereocenters. The number of carboxylic acid groups (broad SMARTS) is 1. The van der Waals surface area contributed by atoms with E-state index in [1.165, 1.54) is 0 Å². The molecule has 1 fully saturated rings. The molecule has 1 heterocycles. The second-order valence-electron chi connectivity index (χ2n) is 6.63. The molecular formula is C17H21N2O4-. The Kier molecular flexibility index (Phi) is 5.03. The van der Waals surface area contributed by atoms with Gasteiger partial charge in [0.15, 0.2) is 0 Å². The Morgan fingerprint density at radius 2 is 1.87 bits per heavy atom. The molecule has 1 aromatic carbocycles. The van der Waals surface area contributed by atoms with Crippen molar-refractivity contribution in [3.05, 3.63) is 24.3 Å². The van der Waals surface area contributed by atoms with Gasteiger partial charge in [0.05, 0.1) is 0 Å². The molecule has 0 saturated carbocycles. The van der Waals surface area contributed by atoms with Crippen LogP contribution in [-0.2, 0) is 14.4 Å². The molecule has 1 aliphatic rings. The summed E-state index contributed by atoms with van der Waals surface area (Å²) >= 11 is 0. The van der Waals surface area contributed by atoms with Crippen LogP contribution in [0.5, 0.6) is 0 Å². The van der Waals surface area contributed by atoms with E-state index in [0.717, 1.165) is 18.7 Å². The van der Waals surface area contributed by atoms with Crippen LogP contribution in [0.25, 0.3) is 0 Å². The van der Waals surface area contributed by atoms with E-state index in [-0.39, 0.29) is 24.7 Å². The van der Waals surface area contributed by atoms with Gasteiger partial charge in [-0.05, 0) is 42.5 Å². The van der Waals surface area contributed by atoms with Crippen molar-refractivity contribution in [3.63, 3.8) is 0 Å². The third-order valence-corrected chi connectivity index (χ3v) is 3.80. The van der Waals surface area contributed by atoms with E-state index < -0.39 is 11.4 Å². The minimum atomic E-state index is -1.16. The van der Waals surface area contributed by atoms with E-state index in [9.17, 15) is 19.5 Å². The summed E-state index contributed by atoms with van der Waals surface area (Å²) in [7, 11) is 0. The van der Waals surface area contributed by atoms with Crippen molar-refractivity contribution in [1.82, 2.24) is 0 Å². The van der Waals surface area contributed by atoms with E-state index in [1.54, 1.807) is 43.0 Å². The van der Waals surface area contributed by atoms with E-state index in [1.807, 2.05) is 0 Å². The molecule has 0 radical (unpaired) electrons. The second kappa shape index (κ2) is 6.81. The van der Waals surface area contributed by atoms with Crippen molar-refractivity contribution in [1.29, 1.82) is 0 Å². The maximum Gasteiger partial charge on any atom is 0.227 e. The molecule has 124 valence electrons. The van der Waals surface area contributed by atoms with Gasteiger partial charge in [-0.1, -0.05) is 13.8 Å². The Labute approximate surface area is 135 Å². The molecule has 1 saturated heterocycles. The first-order valence-corrected chi connectivity index (χ1v) is 7.67. The normalized spacial score (nSPS) is 14.9. The van der Waals surface area contributed by atoms with Gasteiger partial charge >= 0.3 is 0 Å². The number of hydrogen-bond donors (Lipinski definition) is 1. The van der Waals surface area contributed by atoms with Crippen molar-refractivity contribution in [2.75, 3.05) is 16.8 Å². The zero-order valence-electron chi connectivity index (χ0n) is 13.4. The zero-order valence-corrected chi connectivity index (χ0v) is 13.4. The van der Waals surface area contributed by atoms with Crippen molar-refractivity contribution < 1.29 is 19.5 Å². The highest BCUT2D eigenvalue weighted by atomic mass is 16.4. The quantitative estimate of drug-likeness (QED) is 0.856. The number of carbonyl (C=O) groups excluding carboxylic acids is 3. The van der Waals surface area contributed by atoms with E-state index in [2.05, 4.69) is 5.32 Å². The third kappa shape index (κ3) is 4.81. The fourth-order valence-electron chi connectivity index (χ4n) is 2.74. The van der Waals surface area contributed by atoms with Crippen LogP contribution in [0.3, 0.4) is 0 Å². The Morgan fingerprint density at radius 3 is 2.39 bits per heavy atom. The summed E-state index contributed by atoms with van der Waals surface area (Å²) in [6.45, 7) is 4.15. The van der Waals surface area contributed by atoms with Crippen molar-refractivity contribution in [2.24, 2.45) is 5.41 Å². The number of rotatable bonds is 6. The number of nitrogens with zero attached hydrogens (tertiary/aromatic N) is 1. The second-order valence-corrected chi connectivity index (χ2v) is 6.63. The SMILES string of the molecule is CC(C)(CC(=O)[O-])CC(=O)Nc1ccc(N2CCCC2=O)cc1. The lowest BCUT2D eigenvalue weighted by atomic mass is 9.85. The molecule has 0 aromatic heterocycles. The van der Waals surface area contributed by atoms with Crippen LogP contribution < -0.4 is 15.3 Å². The molecule has 0 bridgehead atoms. The first-order chi connectivity index (χ1) is 10.8. The summed E-state index contributed by atoms with van der Waals surface area (Å²) in [4.78, 5) is 36.1. The predicted molar refractivity (Wildman–Crippen MR) is 84.7 cm³/mol. The molecule has 2 amide bonds. The minimum Gasteiger partial charge on any atom is -0.550 e. The van der Waals surface area contributed by atoms with Gasteiger partial charge in [-0.2, -0.15) is 0 Å². The minimum absolute atomic E-state index is 0.0906. The highest BCUT2D eigenvalue weighted by Gasteiger charge is 2.23. The third-order valence-electron chi connectivity index (χ3n) is 3.80. The molecule has 1 N–H and O–H groups in total. The maximum atomic E-state index is 12.0. The molecule has 1 aromatic rings. The molecular weight excluding hydrogens is 296 g/mol. The van der Waals surface area contributed by atoms with Crippen molar-refractivity contribution in [3.8, 4) is 0 Å². The Morgan fingerprint density at radius 1 is 1.22 bits per heavy atom. The smallest absolute Gasteiger partial charge is 0.227 e. The summed E-state index contributed by atoms with van der Waals surface area (Å²) in [6, 6.07) is 7.07. The topological polar surface area (TPSA) is 89.5 Å². The number of carbonyl (C=O) groups is 3. The van der Waals surface area contributed by atoms with Gasteiger partial charge in [0.1, 0.15) is 0 Å². The van der Waals surface area contributed by atoms with Crippen molar-refractivity contribution >= 4 is 29.2 Å². The molecule has 6 heteroatoms. The van der Waals surface area contributed by atoms with Crippen LogP contribution in [0.1, 0.15) is 39.5 Å². The van der Waals surface area contributed by atoms with Crippen LogP contribution >= 0.6 is 0 Å². The number of hydrogen-bond acceptors (Lipinski definition) is 4. The van der Waals surface area contributed by atoms with Gasteiger partial charge in [-0.25, -0.2) is 0 Å². The molecule has 1 aliphatic heterocycles. The molecule has 0 atom stereocenters. The summed E-state index contributed by atoms with van der Waals surface area (Å²) in [5.41, 5.74) is 0.780. The summed E-state index contributed by atoms with van der Waals surface area (Å²) in [5.74, 6) is -1.30. The number of carboxylic acids is 1. The molecule has 0 aliphatic carbocycles. The van der Waals surface area contributed by atoms with Gasteiger partial charge in [-0.3, -0.25) is 9.59 Å². The largest absolute Gasteiger partial charge is 0.550 e. The lowest BCUT2D eigenvalue weighted by Crippen LogP contribution is -2.31. The van der Waals surface area contributed by atoms with Crippen LogP contribution in [0, 0.1) is 5.41 Å². The Bertz CT molecular complexity index is 608. The van der Waals surface area contributed by atoms with Gasteiger partial charge in [0.25, 0.3) is 0 Å². The first-order valence-electron chi connectivity index (χ1n) is 7.67. The van der Waals surface area contributed by atoms with Crippen LogP contribution in [0.2, 0.25) is 0 Å². The summed E-state index contributed by atoms with van der Waals surface area (Å²) in [5, 5.41) is 13.4. The van der Waals surface area contributed by atoms with E-state index in [0.29, 0.717) is 12.1 Å². The standard InChI is InChI=1S/C17H22N2O4/c1-17(2,11-16(22)23)10-14(20)18-12-5-7-13(8-6-12)19-9-3-4-15(19)21/h5-8H,3-4,9-11H2,1-2H3,(H,18,20)(H,22,23)/p-1. The van der Waals surface area contributed by atoms with Gasteiger partial charge < -0.3 is 20.1 Å². The average molecular weight is 317 g/mol. The number of aliphatic carboxylic acids is 1. The fourth-order valence-corrected chi connectivity index (χ4v) is 2.74. The molecule has 23 heavy (non-hydrogen) atoms. The molecule has 6 nitrogen and oxygen atoms in total. The zero-order chi connectivity index (χ0) is 17.0. The Hall–Kier alpha value is -2.37. The molecule has 0 spiro atoms. The number of nitrogens with one attached hydrogen (secondary N) is 1. The van der Waals surface area contributed by atoms with Crippen LogP contribution in [0.4, 0.5) is 11.4 Å². The fraction of sp³-hybridized carbons (Fsp3) is 0.471. The van der Waals surface area contributed by atoms with Gasteiger partial charge in [-0.15, -0.1) is 0 Å². The Balaban J connectivity index is 1.94. The summed E-state index contributed by atoms with van der Waals surface area (Å²) in [6.07, 6.45) is 1.36. The molecule has 2 rings (SSSR count). The lowest BCUT2D eigenvalue weighted by Gasteiger charge is -2.24. The predicted octanol–water partition coefficient (Wildman–Crippen LogP) is 1.31. The van der Waals surface area contributed by atoms with Crippen molar-refractivity contribution in [2.45, 2.75) is 39.5 Å². The van der Waals surface area contributed by atoms with Crippen LogP contribution in [-0.4, -0.2) is 24.3 Å². The highest BCUT2D eigenvalue weighted by Crippen LogP contribution is 2.26. The van der Waals surface area contributed by atoms with E-state index >= 15 is 0 Å². The first kappa shape index (κ1) is 17.0. The monoisotopic (exact) mass is 317 g/mol. The average Bonchev–Trinajstić information content (AvgIpc) is 2.83. The number of benzene rings is 1. The maximum absolute atomic E-state index is 12.0. The van der Waals surface area contributed by atoms with Gasteiger partial charge in [0.2, 0.25) is 11.8 Å². The lowest BCUT2D eigenvalue weighted by molar-refractivity contribution is -0.307.